The van der Waals surface area contributed by atoms with Gasteiger partial charge >= 0.3 is 0 Å². The first-order valence-electron chi connectivity index (χ1n) is 6.06. The van der Waals surface area contributed by atoms with E-state index in [-0.39, 0.29) is 5.91 Å². The first-order chi connectivity index (χ1) is 8.69. The number of ether oxygens (including phenoxy) is 1. The molecule has 18 heavy (non-hydrogen) atoms. The minimum absolute atomic E-state index is 0.0112. The minimum Gasteiger partial charge on any atom is -0.497 e. The summed E-state index contributed by atoms with van der Waals surface area (Å²) < 4.78 is 5.98. The third-order valence-corrected chi connectivity index (χ3v) is 3.50. The van der Waals surface area contributed by atoms with Crippen molar-refractivity contribution >= 4 is 27.5 Å². The lowest BCUT2D eigenvalue weighted by atomic mass is 10.3. The number of carbonyl (C=O) groups is 1. The zero-order valence-corrected chi connectivity index (χ0v) is 11.9. The first kappa shape index (κ1) is 13.4. The van der Waals surface area contributed by atoms with Crippen molar-refractivity contribution in [1.29, 1.82) is 0 Å². The number of carbonyl (C=O) groups excluding carboxylic acids is 1. The van der Waals surface area contributed by atoms with E-state index in [0.717, 1.165) is 22.5 Å². The monoisotopic (exact) mass is 312 g/mol. The highest BCUT2D eigenvalue weighted by Crippen LogP contribution is 2.27. The number of anilines is 1. The van der Waals surface area contributed by atoms with Crippen LogP contribution >= 0.6 is 15.9 Å². The van der Waals surface area contributed by atoms with Crippen LogP contribution in [0.5, 0.6) is 5.75 Å². The van der Waals surface area contributed by atoms with Gasteiger partial charge in [0.2, 0.25) is 5.91 Å². The summed E-state index contributed by atoms with van der Waals surface area (Å²) in [5.74, 6) is 0.738. The van der Waals surface area contributed by atoms with Crippen LogP contribution in [0.3, 0.4) is 0 Å². The molecule has 1 saturated carbocycles. The van der Waals surface area contributed by atoms with Gasteiger partial charge in [0.1, 0.15) is 5.75 Å². The predicted molar refractivity (Wildman–Crippen MR) is 75.0 cm³/mol. The van der Waals surface area contributed by atoms with E-state index in [2.05, 4.69) is 26.6 Å². The molecular weight excluding hydrogens is 296 g/mol. The molecule has 1 fully saturated rings. The molecule has 0 unspecified atom stereocenters. The normalized spacial score (nSPS) is 14.3. The second-order valence-electron chi connectivity index (χ2n) is 4.37. The molecule has 4 nitrogen and oxygen atoms in total. The van der Waals surface area contributed by atoms with E-state index in [0.29, 0.717) is 12.5 Å². The fraction of sp³-hybridized carbons (Fsp3) is 0.462. The molecule has 1 aromatic rings. The average molecular weight is 313 g/mol. The van der Waals surface area contributed by atoms with Gasteiger partial charge in [0.25, 0.3) is 0 Å². The summed E-state index contributed by atoms with van der Waals surface area (Å²) in [5.41, 5.74) is 0.741. The molecule has 0 atom stereocenters. The van der Waals surface area contributed by atoms with Gasteiger partial charge in [-0.15, -0.1) is 0 Å². The number of rotatable bonds is 6. The van der Waals surface area contributed by atoms with Crippen molar-refractivity contribution in [2.75, 3.05) is 19.0 Å². The molecule has 2 rings (SSSR count). The van der Waals surface area contributed by atoms with Gasteiger partial charge in [0.05, 0.1) is 12.8 Å². The Morgan fingerprint density at radius 3 is 2.94 bits per heavy atom. The molecule has 2 N–H and O–H groups in total. The van der Waals surface area contributed by atoms with Gasteiger partial charge in [-0.25, -0.2) is 0 Å². The van der Waals surface area contributed by atoms with Crippen LogP contribution in [-0.2, 0) is 4.79 Å². The first-order valence-corrected chi connectivity index (χ1v) is 6.85. The highest BCUT2D eigenvalue weighted by atomic mass is 79.9. The molecule has 0 aliphatic heterocycles. The molecule has 0 saturated heterocycles. The Balaban J connectivity index is 1.84. The lowest BCUT2D eigenvalue weighted by Gasteiger charge is -2.09. The van der Waals surface area contributed by atoms with Crippen LogP contribution < -0.4 is 15.4 Å². The van der Waals surface area contributed by atoms with E-state index >= 15 is 0 Å². The van der Waals surface area contributed by atoms with Gasteiger partial charge in [0, 0.05) is 29.5 Å². The lowest BCUT2D eigenvalue weighted by molar-refractivity contribution is -0.116. The second-order valence-corrected chi connectivity index (χ2v) is 5.23. The average Bonchev–Trinajstić information content (AvgIpc) is 3.16. The van der Waals surface area contributed by atoms with Crippen LogP contribution in [0.2, 0.25) is 0 Å². The summed E-state index contributed by atoms with van der Waals surface area (Å²) in [7, 11) is 1.61. The fourth-order valence-electron chi connectivity index (χ4n) is 1.62. The van der Waals surface area contributed by atoms with Gasteiger partial charge in [-0.2, -0.15) is 0 Å². The summed E-state index contributed by atoms with van der Waals surface area (Å²) >= 11 is 3.40. The number of amides is 1. The predicted octanol–water partition coefficient (Wildman–Crippen LogP) is 2.54. The second kappa shape index (κ2) is 6.20. The molecule has 1 aromatic carbocycles. The third-order valence-electron chi connectivity index (χ3n) is 2.81. The molecule has 0 radical (unpaired) electrons. The Bertz CT molecular complexity index is 433. The topological polar surface area (TPSA) is 50.4 Å². The van der Waals surface area contributed by atoms with E-state index in [1.807, 2.05) is 12.1 Å². The molecule has 0 spiro atoms. The third kappa shape index (κ3) is 3.99. The summed E-state index contributed by atoms with van der Waals surface area (Å²) in [5, 5.41) is 6.19. The Kier molecular flexibility index (Phi) is 4.60. The highest BCUT2D eigenvalue weighted by Gasteiger charge is 2.20. The maximum absolute atomic E-state index is 11.8. The smallest absolute Gasteiger partial charge is 0.225 e. The quantitative estimate of drug-likeness (QED) is 0.848. The Labute approximate surface area is 115 Å². The van der Waals surface area contributed by atoms with Crippen molar-refractivity contribution in [2.45, 2.75) is 25.3 Å². The number of hydrogen-bond donors (Lipinski definition) is 2. The molecule has 0 aromatic heterocycles. The van der Waals surface area contributed by atoms with E-state index in [9.17, 15) is 4.79 Å². The standard InChI is InChI=1S/C13H17BrN2O2/c1-18-10-4-5-11(14)12(8-10)16-13(17)6-7-15-9-2-3-9/h4-5,8-9,15H,2-3,6-7H2,1H3,(H,16,17). The number of hydrogen-bond acceptors (Lipinski definition) is 3. The number of methoxy groups -OCH3 is 1. The lowest BCUT2D eigenvalue weighted by Crippen LogP contribution is -2.23. The molecule has 5 heteroatoms. The summed E-state index contributed by atoms with van der Waals surface area (Å²) in [4.78, 5) is 11.8. The number of halogens is 1. The maximum atomic E-state index is 11.8. The summed E-state index contributed by atoms with van der Waals surface area (Å²) in [6.07, 6.45) is 2.96. The van der Waals surface area contributed by atoms with E-state index in [1.54, 1.807) is 13.2 Å². The largest absolute Gasteiger partial charge is 0.497 e. The van der Waals surface area contributed by atoms with Crippen molar-refractivity contribution in [3.05, 3.63) is 22.7 Å². The van der Waals surface area contributed by atoms with Gasteiger partial charge in [0.15, 0.2) is 0 Å². The molecule has 1 aliphatic carbocycles. The van der Waals surface area contributed by atoms with Gasteiger partial charge < -0.3 is 15.4 Å². The number of nitrogens with one attached hydrogen (secondary N) is 2. The SMILES string of the molecule is COc1ccc(Br)c(NC(=O)CCNC2CC2)c1. The Hall–Kier alpha value is -1.07. The van der Waals surface area contributed by atoms with Crippen molar-refractivity contribution in [2.24, 2.45) is 0 Å². The van der Waals surface area contributed by atoms with Crippen molar-refractivity contribution in [3.63, 3.8) is 0 Å². The van der Waals surface area contributed by atoms with Gasteiger partial charge in [-0.1, -0.05) is 0 Å². The molecule has 0 bridgehead atoms. The van der Waals surface area contributed by atoms with Gasteiger partial charge in [-0.05, 0) is 40.9 Å². The molecule has 1 aliphatic rings. The fourth-order valence-corrected chi connectivity index (χ4v) is 1.96. The summed E-state index contributed by atoms with van der Waals surface area (Å²) in [6, 6.07) is 6.14. The van der Waals surface area contributed by atoms with Crippen LogP contribution in [-0.4, -0.2) is 25.6 Å². The maximum Gasteiger partial charge on any atom is 0.225 e. The van der Waals surface area contributed by atoms with E-state index < -0.39 is 0 Å². The zero-order valence-electron chi connectivity index (χ0n) is 10.3. The molecular formula is C13H17BrN2O2. The molecule has 0 heterocycles. The molecule has 1 amide bonds. The Morgan fingerprint density at radius 2 is 2.28 bits per heavy atom. The highest BCUT2D eigenvalue weighted by molar-refractivity contribution is 9.10. The van der Waals surface area contributed by atoms with Crippen molar-refractivity contribution in [3.8, 4) is 5.75 Å². The zero-order chi connectivity index (χ0) is 13.0. The Morgan fingerprint density at radius 1 is 1.50 bits per heavy atom. The van der Waals surface area contributed by atoms with Crippen LogP contribution in [0.25, 0.3) is 0 Å². The van der Waals surface area contributed by atoms with Crippen LogP contribution in [0.1, 0.15) is 19.3 Å². The van der Waals surface area contributed by atoms with E-state index in [4.69, 9.17) is 4.74 Å². The van der Waals surface area contributed by atoms with Gasteiger partial charge in [-0.3, -0.25) is 4.79 Å². The van der Waals surface area contributed by atoms with Crippen molar-refractivity contribution in [1.82, 2.24) is 5.32 Å². The summed E-state index contributed by atoms with van der Waals surface area (Å²) in [6.45, 7) is 0.734. The van der Waals surface area contributed by atoms with E-state index in [1.165, 1.54) is 12.8 Å². The van der Waals surface area contributed by atoms with Crippen molar-refractivity contribution < 1.29 is 9.53 Å². The molecule has 98 valence electrons. The minimum atomic E-state index is 0.0112. The van der Waals surface area contributed by atoms with Crippen LogP contribution in [0.4, 0.5) is 5.69 Å². The number of benzene rings is 1. The van der Waals surface area contributed by atoms with Crippen LogP contribution in [0.15, 0.2) is 22.7 Å². The van der Waals surface area contributed by atoms with Crippen LogP contribution in [0, 0.1) is 0 Å².